The number of para-hydroxylation sites is 1. The van der Waals surface area contributed by atoms with E-state index in [9.17, 15) is 4.79 Å². The Balaban J connectivity index is 1.71. The molecule has 0 radical (unpaired) electrons. The van der Waals surface area contributed by atoms with E-state index in [1.165, 1.54) is 0 Å². The fourth-order valence-corrected chi connectivity index (χ4v) is 2.48. The molecule has 0 aliphatic rings. The third-order valence-corrected chi connectivity index (χ3v) is 3.70. The van der Waals surface area contributed by atoms with Gasteiger partial charge in [0.2, 0.25) is 5.82 Å². The molecule has 0 amide bonds. The van der Waals surface area contributed by atoms with E-state index in [0.717, 1.165) is 0 Å². The molecule has 2 aromatic heterocycles. The van der Waals surface area contributed by atoms with Crippen molar-refractivity contribution in [2.24, 2.45) is 0 Å². The van der Waals surface area contributed by atoms with Crippen molar-refractivity contribution in [1.82, 2.24) is 15.3 Å². The summed E-state index contributed by atoms with van der Waals surface area (Å²) in [6, 6.07) is 7.38. The lowest BCUT2D eigenvalue weighted by Crippen LogP contribution is -2.08. The number of benzene rings is 1. The summed E-state index contributed by atoms with van der Waals surface area (Å²) < 4.78 is 21.0. The van der Waals surface area contributed by atoms with Crippen LogP contribution in [0.5, 0.6) is 5.75 Å². The molecule has 1 aromatic carbocycles. The van der Waals surface area contributed by atoms with Crippen LogP contribution < -0.4 is 4.74 Å². The van der Waals surface area contributed by atoms with Crippen LogP contribution >= 0.6 is 0 Å². The maximum atomic E-state index is 12.3. The van der Waals surface area contributed by atoms with E-state index in [2.05, 4.69) is 15.3 Å². The summed E-state index contributed by atoms with van der Waals surface area (Å²) in [7, 11) is 0. The molecule has 3 rings (SSSR count). The molecule has 0 N–H and O–H groups in total. The Bertz CT molecular complexity index is 900. The Morgan fingerprint density at radius 1 is 1.15 bits per heavy atom. The van der Waals surface area contributed by atoms with Crippen LogP contribution in [0, 0.1) is 6.92 Å². The van der Waals surface area contributed by atoms with Crippen LogP contribution in [-0.4, -0.2) is 27.9 Å². The number of esters is 1. The zero-order valence-electron chi connectivity index (χ0n) is 14.8. The molecule has 8 nitrogen and oxygen atoms in total. The Morgan fingerprint density at radius 3 is 2.73 bits per heavy atom. The second-order valence-electron chi connectivity index (χ2n) is 5.43. The lowest BCUT2D eigenvalue weighted by molar-refractivity contribution is 0.0426. The van der Waals surface area contributed by atoms with E-state index < -0.39 is 5.97 Å². The van der Waals surface area contributed by atoms with E-state index in [1.807, 2.05) is 38.1 Å². The predicted molar refractivity (Wildman–Crippen MR) is 90.6 cm³/mol. The molecule has 0 bridgehead atoms. The third-order valence-electron chi connectivity index (χ3n) is 3.70. The molecule has 0 saturated heterocycles. The van der Waals surface area contributed by atoms with Gasteiger partial charge in [0.1, 0.15) is 17.1 Å². The zero-order chi connectivity index (χ0) is 18.5. The highest BCUT2D eigenvalue weighted by Crippen LogP contribution is 2.27. The molecule has 0 aliphatic carbocycles. The van der Waals surface area contributed by atoms with Crippen molar-refractivity contribution < 1.29 is 23.3 Å². The highest BCUT2D eigenvalue weighted by atomic mass is 16.6. The van der Waals surface area contributed by atoms with Crippen LogP contribution in [0.2, 0.25) is 0 Å². The summed E-state index contributed by atoms with van der Waals surface area (Å²) >= 11 is 0. The van der Waals surface area contributed by atoms with Crippen LogP contribution in [0.25, 0.3) is 11.4 Å². The number of aryl methyl sites for hydroxylation is 2. The molecule has 0 saturated carbocycles. The minimum Gasteiger partial charge on any atom is -0.493 e. The van der Waals surface area contributed by atoms with Crippen molar-refractivity contribution in [3.63, 3.8) is 0 Å². The first-order valence-corrected chi connectivity index (χ1v) is 8.31. The average molecular weight is 357 g/mol. The van der Waals surface area contributed by atoms with Gasteiger partial charge < -0.3 is 18.5 Å². The van der Waals surface area contributed by atoms with E-state index in [-0.39, 0.29) is 12.5 Å². The van der Waals surface area contributed by atoms with Crippen molar-refractivity contribution >= 4 is 5.97 Å². The Labute approximate surface area is 150 Å². The van der Waals surface area contributed by atoms with Gasteiger partial charge in [0.15, 0.2) is 6.61 Å². The molecule has 26 heavy (non-hydrogen) atoms. The monoisotopic (exact) mass is 357 g/mol. The normalized spacial score (nSPS) is 10.7. The molecular weight excluding hydrogens is 338 g/mol. The molecule has 3 aromatic rings. The number of ether oxygens (including phenoxy) is 2. The molecular formula is C18H19N3O5. The van der Waals surface area contributed by atoms with Crippen molar-refractivity contribution in [2.45, 2.75) is 33.8 Å². The third kappa shape index (κ3) is 3.58. The fraction of sp³-hybridized carbons (Fsp3) is 0.333. The first kappa shape index (κ1) is 17.7. The summed E-state index contributed by atoms with van der Waals surface area (Å²) in [5.74, 6) is 1.10. The van der Waals surface area contributed by atoms with E-state index in [0.29, 0.717) is 47.2 Å². The van der Waals surface area contributed by atoms with Gasteiger partial charge in [0.05, 0.1) is 17.9 Å². The zero-order valence-corrected chi connectivity index (χ0v) is 14.8. The van der Waals surface area contributed by atoms with Crippen LogP contribution in [0.4, 0.5) is 0 Å². The van der Waals surface area contributed by atoms with Crippen molar-refractivity contribution in [3.8, 4) is 17.1 Å². The van der Waals surface area contributed by atoms with Gasteiger partial charge in [-0.15, -0.1) is 0 Å². The van der Waals surface area contributed by atoms with Gasteiger partial charge in [-0.3, -0.25) is 0 Å². The summed E-state index contributed by atoms with van der Waals surface area (Å²) in [6.07, 6.45) is 0.570. The summed E-state index contributed by atoms with van der Waals surface area (Å²) in [4.78, 5) is 16.5. The molecule has 8 heteroatoms. The molecule has 136 valence electrons. The number of rotatable bonds is 7. The number of aromatic nitrogens is 3. The van der Waals surface area contributed by atoms with Gasteiger partial charge in [0, 0.05) is 0 Å². The maximum absolute atomic E-state index is 12.3. The lowest BCUT2D eigenvalue weighted by Gasteiger charge is -2.06. The van der Waals surface area contributed by atoms with Gasteiger partial charge in [-0.2, -0.15) is 4.98 Å². The van der Waals surface area contributed by atoms with E-state index in [4.69, 9.17) is 18.5 Å². The van der Waals surface area contributed by atoms with Crippen LogP contribution in [-0.2, 0) is 17.8 Å². The van der Waals surface area contributed by atoms with E-state index in [1.54, 1.807) is 6.92 Å². The Hall–Kier alpha value is -3.16. The number of hydrogen-bond acceptors (Lipinski definition) is 8. The number of carbonyl (C=O) groups excluding carboxylic acids is 1. The minimum atomic E-state index is -0.532. The van der Waals surface area contributed by atoms with Crippen LogP contribution in [0.15, 0.2) is 33.3 Å². The quantitative estimate of drug-likeness (QED) is 0.593. The van der Waals surface area contributed by atoms with Crippen LogP contribution in [0.3, 0.4) is 0 Å². The highest BCUT2D eigenvalue weighted by Gasteiger charge is 2.22. The predicted octanol–water partition coefficient (Wildman–Crippen LogP) is 3.35. The number of nitrogens with zero attached hydrogens (tertiary/aromatic N) is 3. The summed E-state index contributed by atoms with van der Waals surface area (Å²) in [5.41, 5.74) is 1.61. The molecule has 0 spiro atoms. The first-order chi connectivity index (χ1) is 12.6. The smallest absolute Gasteiger partial charge is 0.344 e. The van der Waals surface area contributed by atoms with Gasteiger partial charge in [-0.25, -0.2) is 4.79 Å². The van der Waals surface area contributed by atoms with Gasteiger partial charge in [-0.05, 0) is 32.4 Å². The van der Waals surface area contributed by atoms with Gasteiger partial charge >= 0.3 is 5.97 Å². The first-order valence-electron chi connectivity index (χ1n) is 8.31. The number of carbonyl (C=O) groups is 1. The van der Waals surface area contributed by atoms with Crippen LogP contribution in [0.1, 0.15) is 41.6 Å². The SMILES string of the molecule is CCOc1ccccc1-c1noc(COC(=O)c2c(CC)noc2C)n1. The second kappa shape index (κ2) is 7.81. The topological polar surface area (TPSA) is 100 Å². The Kier molecular flexibility index (Phi) is 5.31. The molecule has 2 heterocycles. The van der Waals surface area contributed by atoms with Crippen molar-refractivity contribution in [3.05, 3.63) is 47.2 Å². The number of hydrogen-bond donors (Lipinski definition) is 0. The lowest BCUT2D eigenvalue weighted by atomic mass is 10.1. The second-order valence-corrected chi connectivity index (χ2v) is 5.43. The summed E-state index contributed by atoms with van der Waals surface area (Å²) in [6.45, 7) is 5.83. The largest absolute Gasteiger partial charge is 0.493 e. The molecule has 0 atom stereocenters. The van der Waals surface area contributed by atoms with Crippen molar-refractivity contribution in [2.75, 3.05) is 6.61 Å². The standard InChI is InChI=1S/C18H19N3O5/c1-4-13-16(11(3)25-20-13)18(22)24-10-15-19-17(21-26-15)12-8-6-7-9-14(12)23-5-2/h6-9H,4-5,10H2,1-3H3. The Morgan fingerprint density at radius 2 is 1.96 bits per heavy atom. The van der Waals surface area contributed by atoms with Gasteiger partial charge in [-0.1, -0.05) is 29.4 Å². The molecule has 0 fully saturated rings. The van der Waals surface area contributed by atoms with Gasteiger partial charge in [0.25, 0.3) is 5.89 Å². The highest BCUT2D eigenvalue weighted by molar-refractivity contribution is 5.91. The van der Waals surface area contributed by atoms with E-state index >= 15 is 0 Å². The maximum Gasteiger partial charge on any atom is 0.344 e. The van der Waals surface area contributed by atoms with Crippen molar-refractivity contribution in [1.29, 1.82) is 0 Å². The fourth-order valence-electron chi connectivity index (χ4n) is 2.48. The molecule has 0 unspecified atom stereocenters. The average Bonchev–Trinajstić information content (AvgIpc) is 3.27. The molecule has 0 aliphatic heterocycles. The summed E-state index contributed by atoms with van der Waals surface area (Å²) in [5, 5.41) is 7.77. The minimum absolute atomic E-state index is 0.142.